The summed E-state index contributed by atoms with van der Waals surface area (Å²) in [6, 6.07) is 10.9. The number of pyridine rings is 1. The molecule has 1 aromatic carbocycles. The number of nitrogens with zero attached hydrogens (tertiary/aromatic N) is 2. The topological polar surface area (TPSA) is 77.5 Å². The van der Waals surface area contributed by atoms with E-state index in [-0.39, 0.29) is 17.3 Å². The third kappa shape index (κ3) is 3.63. The monoisotopic (exact) mass is 393 g/mol. The highest BCUT2D eigenvalue weighted by atomic mass is 35.5. The van der Waals surface area contributed by atoms with Crippen LogP contribution >= 0.6 is 11.6 Å². The maximum atomic E-state index is 12.5. The Kier molecular flexibility index (Phi) is 4.75. The summed E-state index contributed by atoms with van der Waals surface area (Å²) in [7, 11) is -3.61. The van der Waals surface area contributed by atoms with E-state index < -0.39 is 16.0 Å². The maximum absolute atomic E-state index is 12.5. The second-order valence-corrected chi connectivity index (χ2v) is 9.03. The fourth-order valence-electron chi connectivity index (χ4n) is 3.60. The number of nitrogens with one attached hydrogen (secondary N) is 1. The van der Waals surface area contributed by atoms with Crippen LogP contribution in [0.5, 0.6) is 5.88 Å². The zero-order valence-electron chi connectivity index (χ0n) is 14.2. The van der Waals surface area contributed by atoms with Gasteiger partial charge in [0.15, 0.2) is 10.4 Å². The Morgan fingerprint density at radius 3 is 2.96 bits per heavy atom. The van der Waals surface area contributed by atoms with Crippen LogP contribution in [-0.2, 0) is 21.2 Å². The first kappa shape index (κ1) is 17.9. The summed E-state index contributed by atoms with van der Waals surface area (Å²) in [5.74, 6) is 0.186. The molecule has 0 saturated carbocycles. The fourth-order valence-corrected chi connectivity index (χ4v) is 4.92. The second kappa shape index (κ2) is 6.90. The summed E-state index contributed by atoms with van der Waals surface area (Å²) >= 11 is 5.96. The number of rotatable bonds is 2. The lowest BCUT2D eigenvalue weighted by molar-refractivity contribution is -0.0106. The molecule has 2 atom stereocenters. The van der Waals surface area contributed by atoms with Crippen molar-refractivity contribution >= 4 is 22.0 Å². The Bertz CT molecular complexity index is 848. The first-order valence-corrected chi connectivity index (χ1v) is 10.4. The quantitative estimate of drug-likeness (QED) is 0.793. The van der Waals surface area contributed by atoms with Gasteiger partial charge in [-0.15, -0.1) is 4.72 Å². The van der Waals surface area contributed by atoms with Crippen LogP contribution in [-0.4, -0.2) is 39.7 Å². The van der Waals surface area contributed by atoms with Gasteiger partial charge in [-0.05, 0) is 43.1 Å². The SMILES string of the molecule is O=[S+]1([O-])NCC2(CCCN(Cc3ccc(Cl)cc3)C2)Oc2ncccc21. The lowest BCUT2D eigenvalue weighted by atomic mass is 9.92. The van der Waals surface area contributed by atoms with Gasteiger partial charge in [0.25, 0.3) is 5.88 Å². The number of likely N-dealkylation sites (tertiary alicyclic amines) is 1. The van der Waals surface area contributed by atoms with E-state index in [2.05, 4.69) is 14.6 Å². The molecule has 2 aliphatic rings. The number of ether oxygens (including phenoxy) is 1. The summed E-state index contributed by atoms with van der Waals surface area (Å²) in [5, 5.41) is 0.716. The van der Waals surface area contributed by atoms with Crippen LogP contribution in [0.1, 0.15) is 18.4 Å². The van der Waals surface area contributed by atoms with Gasteiger partial charge in [0.05, 0.1) is 6.54 Å². The largest absolute Gasteiger partial charge is 0.593 e. The number of halogens is 1. The number of benzene rings is 1. The van der Waals surface area contributed by atoms with E-state index in [0.717, 1.165) is 25.9 Å². The molecule has 8 heteroatoms. The molecule has 0 bridgehead atoms. The summed E-state index contributed by atoms with van der Waals surface area (Å²) < 4.78 is 33.8. The Morgan fingerprint density at radius 2 is 2.15 bits per heavy atom. The van der Waals surface area contributed by atoms with Crippen LogP contribution in [0.15, 0.2) is 47.5 Å². The zero-order valence-corrected chi connectivity index (χ0v) is 15.8. The van der Waals surface area contributed by atoms with Gasteiger partial charge >= 0.3 is 0 Å². The maximum Gasteiger partial charge on any atom is 0.272 e. The van der Waals surface area contributed by atoms with E-state index in [1.807, 2.05) is 24.3 Å². The molecule has 0 amide bonds. The van der Waals surface area contributed by atoms with Crippen molar-refractivity contribution in [1.29, 1.82) is 0 Å². The Morgan fingerprint density at radius 1 is 1.35 bits per heavy atom. The number of hydrogen-bond acceptors (Lipinski definition) is 5. The molecule has 2 unspecified atom stereocenters. The predicted octanol–water partition coefficient (Wildman–Crippen LogP) is 2.66. The van der Waals surface area contributed by atoms with Crippen molar-refractivity contribution < 1.29 is 13.5 Å². The van der Waals surface area contributed by atoms with Crippen LogP contribution in [0.4, 0.5) is 0 Å². The van der Waals surface area contributed by atoms with Crippen LogP contribution in [0, 0.1) is 0 Å². The van der Waals surface area contributed by atoms with Crippen LogP contribution < -0.4 is 9.46 Å². The third-order valence-corrected chi connectivity index (χ3v) is 6.53. The lowest BCUT2D eigenvalue weighted by Gasteiger charge is -2.41. The van der Waals surface area contributed by atoms with E-state index in [1.54, 1.807) is 12.3 Å². The summed E-state index contributed by atoms with van der Waals surface area (Å²) in [6.45, 7) is 2.58. The molecule has 1 fully saturated rings. The Balaban J connectivity index is 1.56. The molecule has 1 aromatic heterocycles. The van der Waals surface area contributed by atoms with Crippen molar-refractivity contribution in [3.8, 4) is 5.88 Å². The normalized spacial score (nSPS) is 29.0. The lowest BCUT2D eigenvalue weighted by Crippen LogP contribution is -2.56. The zero-order chi connectivity index (χ0) is 18.2. The number of piperidine rings is 1. The number of hydrogen-bond donors (Lipinski definition) is 1. The van der Waals surface area contributed by atoms with E-state index in [4.69, 9.17) is 16.3 Å². The molecule has 1 N–H and O–H groups in total. The molecule has 0 radical (unpaired) electrons. The van der Waals surface area contributed by atoms with Gasteiger partial charge < -0.3 is 9.29 Å². The van der Waals surface area contributed by atoms with Gasteiger partial charge in [-0.2, -0.15) is 0 Å². The van der Waals surface area contributed by atoms with Gasteiger partial charge in [-0.3, -0.25) is 4.90 Å². The molecule has 6 nitrogen and oxygen atoms in total. The minimum atomic E-state index is -3.61. The highest BCUT2D eigenvalue weighted by molar-refractivity contribution is 7.95. The fraction of sp³-hybridized carbons (Fsp3) is 0.389. The molecule has 1 spiro atoms. The van der Waals surface area contributed by atoms with E-state index in [1.165, 1.54) is 11.6 Å². The summed E-state index contributed by atoms with van der Waals surface area (Å²) in [5.41, 5.74) is 0.552. The third-order valence-electron chi connectivity index (χ3n) is 4.86. The molecule has 4 rings (SSSR count). The average molecular weight is 394 g/mol. The highest BCUT2D eigenvalue weighted by Gasteiger charge is 2.44. The first-order chi connectivity index (χ1) is 12.5. The minimum Gasteiger partial charge on any atom is -0.593 e. The molecule has 138 valence electrons. The van der Waals surface area contributed by atoms with Crippen molar-refractivity contribution in [2.75, 3.05) is 19.6 Å². The van der Waals surface area contributed by atoms with Crippen LogP contribution in [0.2, 0.25) is 5.02 Å². The van der Waals surface area contributed by atoms with E-state index >= 15 is 0 Å². The van der Waals surface area contributed by atoms with Crippen molar-refractivity contribution in [3.63, 3.8) is 0 Å². The van der Waals surface area contributed by atoms with Crippen LogP contribution in [0.3, 0.4) is 0 Å². The van der Waals surface area contributed by atoms with Gasteiger partial charge in [0.2, 0.25) is 4.90 Å². The Labute approximate surface area is 158 Å². The summed E-state index contributed by atoms with van der Waals surface area (Å²) in [6.07, 6.45) is 3.27. The standard InChI is InChI=1S/C18H20ClN3O3S/c19-15-6-4-14(5-7-15)11-22-10-2-8-18(13-22)12-21-26(23,24)16-3-1-9-20-17(16)25-18/h1,3-7,9H,2,8,10-13H2,(H-,21,23,24). The van der Waals surface area contributed by atoms with Crippen molar-refractivity contribution in [1.82, 2.24) is 14.6 Å². The summed E-state index contributed by atoms with van der Waals surface area (Å²) in [4.78, 5) is 6.56. The highest BCUT2D eigenvalue weighted by Crippen LogP contribution is 2.35. The molecule has 0 aliphatic carbocycles. The number of fused-ring (bicyclic) bond motifs is 1. The van der Waals surface area contributed by atoms with Gasteiger partial charge in [-0.1, -0.05) is 27.9 Å². The number of sulfonamides is 1. The molecule has 26 heavy (non-hydrogen) atoms. The molecule has 2 aromatic rings. The van der Waals surface area contributed by atoms with Crippen molar-refractivity contribution in [2.45, 2.75) is 29.9 Å². The predicted molar refractivity (Wildman–Crippen MR) is 98.7 cm³/mol. The molecule has 3 heterocycles. The van der Waals surface area contributed by atoms with Crippen LogP contribution in [0.25, 0.3) is 0 Å². The van der Waals surface area contributed by atoms with Gasteiger partial charge in [0.1, 0.15) is 5.60 Å². The van der Waals surface area contributed by atoms with E-state index in [9.17, 15) is 8.76 Å². The van der Waals surface area contributed by atoms with Gasteiger partial charge in [-0.25, -0.2) is 4.98 Å². The number of aromatic nitrogens is 1. The molecule has 2 aliphatic heterocycles. The molecule has 1 saturated heterocycles. The smallest absolute Gasteiger partial charge is 0.272 e. The second-order valence-electron chi connectivity index (χ2n) is 6.86. The first-order valence-electron chi connectivity index (χ1n) is 8.56. The molecular formula is C18H20ClN3O3S. The van der Waals surface area contributed by atoms with E-state index in [0.29, 0.717) is 11.6 Å². The molecular weight excluding hydrogens is 374 g/mol. The average Bonchev–Trinajstić information content (AvgIpc) is 2.73. The Hall–Kier alpha value is -1.51. The van der Waals surface area contributed by atoms with Gasteiger partial charge in [0, 0.05) is 30.4 Å². The minimum absolute atomic E-state index is 0.103. The van der Waals surface area contributed by atoms with Crippen molar-refractivity contribution in [3.05, 3.63) is 53.2 Å². The van der Waals surface area contributed by atoms with Crippen molar-refractivity contribution in [2.24, 2.45) is 0 Å².